The van der Waals surface area contributed by atoms with Crippen LogP contribution in [-0.4, -0.2) is 5.11 Å². The molecule has 2 aromatic rings. The largest absolute Gasteiger partial charge is 0.507 e. The van der Waals surface area contributed by atoms with Gasteiger partial charge in [0.05, 0.1) is 5.56 Å². The predicted octanol–water partition coefficient (Wildman–Crippen LogP) is 5.66. The fourth-order valence-electron chi connectivity index (χ4n) is 2.75. The van der Waals surface area contributed by atoms with Crippen LogP contribution in [0.5, 0.6) is 5.75 Å². The molecule has 0 saturated heterocycles. The maximum Gasteiger partial charge on any atom is 0.417 e. The minimum Gasteiger partial charge on any atom is -0.507 e. The molecule has 0 amide bonds. The Labute approximate surface area is 142 Å². The number of aryl methyl sites for hydroxylation is 2. The summed E-state index contributed by atoms with van der Waals surface area (Å²) in [7, 11) is -0.0925. The molecule has 2 aromatic carbocycles. The van der Waals surface area contributed by atoms with Crippen LogP contribution in [0.15, 0.2) is 36.4 Å². The van der Waals surface area contributed by atoms with Crippen LogP contribution in [0.1, 0.15) is 42.5 Å². The van der Waals surface area contributed by atoms with Crippen molar-refractivity contribution in [2.75, 3.05) is 0 Å². The van der Waals surface area contributed by atoms with Gasteiger partial charge in [-0.3, -0.25) is 0 Å². The number of aromatic hydroxyl groups is 1. The molecule has 24 heavy (non-hydrogen) atoms. The number of hydrogen-bond donors (Lipinski definition) is 1. The van der Waals surface area contributed by atoms with Gasteiger partial charge in [0.1, 0.15) is 5.75 Å². The van der Waals surface area contributed by atoms with Gasteiger partial charge in [-0.25, -0.2) is 0 Å². The molecule has 1 N–H and O–H groups in total. The number of alkyl halides is 3. The summed E-state index contributed by atoms with van der Waals surface area (Å²) in [5, 5.41) is 10.1. The van der Waals surface area contributed by atoms with E-state index in [0.717, 1.165) is 5.56 Å². The average Bonchev–Trinajstić information content (AvgIpc) is 2.50. The quantitative estimate of drug-likeness (QED) is 0.703. The van der Waals surface area contributed by atoms with Crippen LogP contribution in [0.3, 0.4) is 0 Å². The predicted molar refractivity (Wildman–Crippen MR) is 94.6 cm³/mol. The van der Waals surface area contributed by atoms with E-state index in [-0.39, 0.29) is 14.3 Å². The second-order valence-electron chi connectivity index (χ2n) is 6.33. The van der Waals surface area contributed by atoms with Crippen LogP contribution in [0, 0.1) is 13.8 Å². The summed E-state index contributed by atoms with van der Waals surface area (Å²) >= 11 is 0. The summed E-state index contributed by atoms with van der Waals surface area (Å²) in [6, 6.07) is 9.92. The van der Waals surface area contributed by atoms with E-state index in [1.165, 1.54) is 6.07 Å². The topological polar surface area (TPSA) is 20.2 Å². The maximum atomic E-state index is 13.4. The van der Waals surface area contributed by atoms with Crippen LogP contribution in [0.2, 0.25) is 0 Å². The Morgan fingerprint density at radius 3 is 2.29 bits per heavy atom. The van der Waals surface area contributed by atoms with E-state index in [9.17, 15) is 18.3 Å². The molecule has 0 spiro atoms. The van der Waals surface area contributed by atoms with Gasteiger partial charge in [-0.1, -0.05) is 58.3 Å². The molecular weight excluding hydrogens is 332 g/mol. The van der Waals surface area contributed by atoms with Gasteiger partial charge >= 0.3 is 6.18 Å². The third-order valence-electron chi connectivity index (χ3n) is 4.43. The summed E-state index contributed by atoms with van der Waals surface area (Å²) in [5.41, 5.74) is 1.45. The van der Waals surface area contributed by atoms with Crippen LogP contribution < -0.4 is 5.30 Å². The highest BCUT2D eigenvalue weighted by atomic mass is 31.1. The van der Waals surface area contributed by atoms with E-state index in [1.54, 1.807) is 38.1 Å². The van der Waals surface area contributed by atoms with Crippen molar-refractivity contribution < 1.29 is 18.3 Å². The molecule has 1 nitrogen and oxygen atoms in total. The van der Waals surface area contributed by atoms with Gasteiger partial charge in [0.25, 0.3) is 0 Å². The fraction of sp³-hybridized carbons (Fsp3) is 0.368. The minimum atomic E-state index is -4.38. The fourth-order valence-corrected chi connectivity index (χ4v) is 4.37. The highest BCUT2D eigenvalue weighted by molar-refractivity contribution is 7.48. The number of rotatable bonds is 4. The van der Waals surface area contributed by atoms with Gasteiger partial charge in [0.15, 0.2) is 0 Å². The Kier molecular flexibility index (Phi) is 5.29. The van der Waals surface area contributed by atoms with Gasteiger partial charge in [0.2, 0.25) is 0 Å². The maximum absolute atomic E-state index is 13.4. The zero-order valence-corrected chi connectivity index (χ0v) is 15.3. The van der Waals surface area contributed by atoms with E-state index in [1.807, 2.05) is 19.9 Å². The highest BCUT2D eigenvalue weighted by Crippen LogP contribution is 2.49. The van der Waals surface area contributed by atoms with E-state index < -0.39 is 16.9 Å². The van der Waals surface area contributed by atoms with Crippen molar-refractivity contribution in [2.45, 2.75) is 45.4 Å². The lowest BCUT2D eigenvalue weighted by molar-refractivity contribution is -0.136. The lowest BCUT2D eigenvalue weighted by Crippen LogP contribution is -2.23. The minimum absolute atomic E-state index is 0.0925. The molecule has 0 fully saturated rings. The molecular formula is C19H22F3OP. The first-order valence-corrected chi connectivity index (χ1v) is 8.83. The monoisotopic (exact) mass is 354 g/mol. The number of benzene rings is 2. The number of para-hydroxylation sites is 1. The molecule has 2 rings (SSSR count). The Hall–Kier alpha value is -1.54. The van der Waals surface area contributed by atoms with E-state index in [2.05, 4.69) is 0 Å². The third kappa shape index (κ3) is 3.75. The van der Waals surface area contributed by atoms with Crippen molar-refractivity contribution in [3.8, 4) is 5.75 Å². The Bertz CT molecular complexity index is 740. The molecule has 0 aromatic heterocycles. The Morgan fingerprint density at radius 1 is 1.04 bits per heavy atom. The van der Waals surface area contributed by atoms with E-state index in [4.69, 9.17) is 0 Å². The van der Waals surface area contributed by atoms with Gasteiger partial charge in [-0.15, -0.1) is 0 Å². The summed E-state index contributed by atoms with van der Waals surface area (Å²) in [6.45, 7) is 7.31. The van der Waals surface area contributed by atoms with Crippen molar-refractivity contribution >= 4 is 13.9 Å². The second-order valence-corrected chi connectivity index (χ2v) is 8.22. The van der Waals surface area contributed by atoms with Crippen molar-refractivity contribution in [3.63, 3.8) is 0 Å². The standard InChI is InChI=1S/C19H22F3OP/c1-5-18(4,14-8-6-7-13(3)17(14)23)24-16-10-9-12(2)11-15(16)19(20,21)22/h6-11,23-24H,5H2,1-4H3. The van der Waals surface area contributed by atoms with Crippen LogP contribution in [0.25, 0.3) is 0 Å². The summed E-state index contributed by atoms with van der Waals surface area (Å²) in [6.07, 6.45) is -3.74. The molecule has 5 heteroatoms. The molecule has 0 heterocycles. The van der Waals surface area contributed by atoms with E-state index >= 15 is 0 Å². The molecule has 0 radical (unpaired) electrons. The lowest BCUT2D eigenvalue weighted by Gasteiger charge is -2.31. The molecule has 0 bridgehead atoms. The number of hydrogen-bond acceptors (Lipinski definition) is 1. The molecule has 2 atom stereocenters. The zero-order valence-electron chi connectivity index (χ0n) is 14.3. The Morgan fingerprint density at radius 2 is 1.71 bits per heavy atom. The molecule has 0 aliphatic heterocycles. The zero-order chi connectivity index (χ0) is 18.1. The number of phenolic OH excluding ortho intramolecular Hbond substituents is 1. The molecule has 2 unspecified atom stereocenters. The van der Waals surface area contributed by atoms with E-state index in [0.29, 0.717) is 22.9 Å². The average molecular weight is 354 g/mol. The summed E-state index contributed by atoms with van der Waals surface area (Å²) in [5.74, 6) is 0.176. The van der Waals surface area contributed by atoms with Crippen molar-refractivity contribution in [2.24, 2.45) is 0 Å². The lowest BCUT2D eigenvalue weighted by atomic mass is 9.94. The van der Waals surface area contributed by atoms with Crippen LogP contribution in [-0.2, 0) is 11.3 Å². The number of phenols is 1. The molecule has 0 aliphatic rings. The van der Waals surface area contributed by atoms with Crippen LogP contribution >= 0.6 is 8.58 Å². The summed E-state index contributed by atoms with van der Waals surface area (Å²) < 4.78 is 40.2. The van der Waals surface area contributed by atoms with Crippen molar-refractivity contribution in [1.29, 1.82) is 0 Å². The van der Waals surface area contributed by atoms with Crippen molar-refractivity contribution in [1.82, 2.24) is 0 Å². The van der Waals surface area contributed by atoms with Gasteiger partial charge in [0, 0.05) is 10.7 Å². The first-order valence-electron chi connectivity index (χ1n) is 7.83. The SMILES string of the molecule is CCC(C)(Pc1ccc(C)cc1C(F)(F)F)c1cccc(C)c1O. The number of halogens is 3. The first-order chi connectivity index (χ1) is 11.1. The molecule has 130 valence electrons. The summed E-state index contributed by atoms with van der Waals surface area (Å²) in [4.78, 5) is 0. The molecule has 0 saturated carbocycles. The van der Waals surface area contributed by atoms with Crippen molar-refractivity contribution in [3.05, 3.63) is 58.7 Å². The van der Waals surface area contributed by atoms with Crippen LogP contribution in [0.4, 0.5) is 13.2 Å². The Balaban J connectivity index is 2.53. The molecule has 0 aliphatic carbocycles. The highest BCUT2D eigenvalue weighted by Gasteiger charge is 2.36. The smallest absolute Gasteiger partial charge is 0.417 e. The first kappa shape index (κ1) is 18.8. The van der Waals surface area contributed by atoms with Gasteiger partial charge in [-0.05, 0) is 37.2 Å². The normalized spacial score (nSPS) is 15.0. The third-order valence-corrected chi connectivity index (χ3v) is 6.31. The van der Waals surface area contributed by atoms with Gasteiger partial charge < -0.3 is 5.11 Å². The second kappa shape index (κ2) is 6.76. The van der Waals surface area contributed by atoms with Gasteiger partial charge in [-0.2, -0.15) is 13.2 Å².